The Bertz CT molecular complexity index is 692. The molecule has 2 heterocycles. The van der Waals surface area contributed by atoms with Gasteiger partial charge in [0.05, 0.1) is 6.04 Å². The highest BCUT2D eigenvalue weighted by Gasteiger charge is 2.45. The van der Waals surface area contributed by atoms with E-state index in [4.69, 9.17) is 11.6 Å². The molecule has 1 aromatic rings. The Hall–Kier alpha value is -2.38. The van der Waals surface area contributed by atoms with Crippen LogP contribution in [-0.4, -0.2) is 41.7 Å². The molecule has 1 saturated heterocycles. The third kappa shape index (κ3) is 2.58. The molecule has 0 unspecified atom stereocenters. The molecule has 1 atom stereocenters. The lowest BCUT2D eigenvalue weighted by Crippen LogP contribution is -2.58. The van der Waals surface area contributed by atoms with Gasteiger partial charge in [0.2, 0.25) is 11.8 Å². The second kappa shape index (κ2) is 5.68. The number of halogens is 1. The molecule has 0 radical (unpaired) electrons. The fourth-order valence-electron chi connectivity index (χ4n) is 2.61. The second-order valence-electron chi connectivity index (χ2n) is 5.43. The largest absolute Gasteiger partial charge is 0.332 e. The third-order valence-corrected chi connectivity index (χ3v) is 4.24. The average Bonchev–Trinajstić information content (AvgIpc) is 3.01. The number of nitrogens with zero attached hydrogens (tertiary/aromatic N) is 2. The Labute approximate surface area is 137 Å². The van der Waals surface area contributed by atoms with Gasteiger partial charge in [0.25, 0.3) is 0 Å². The SMILES string of the molecule is CN1C(=O)C(C2=C[C@@H](c3ccc(Cl)cc3)NN2)C(=O)N(C)C1=O. The maximum absolute atomic E-state index is 12.3. The zero-order valence-corrected chi connectivity index (χ0v) is 13.3. The quantitative estimate of drug-likeness (QED) is 0.790. The van der Waals surface area contributed by atoms with E-state index < -0.39 is 23.8 Å². The number of hydrogen-bond acceptors (Lipinski definition) is 5. The van der Waals surface area contributed by atoms with E-state index in [1.807, 2.05) is 12.1 Å². The molecule has 3 rings (SSSR count). The predicted molar refractivity (Wildman–Crippen MR) is 83.0 cm³/mol. The molecule has 23 heavy (non-hydrogen) atoms. The van der Waals surface area contributed by atoms with Gasteiger partial charge in [-0.05, 0) is 23.8 Å². The van der Waals surface area contributed by atoms with Crippen molar-refractivity contribution < 1.29 is 14.4 Å². The molecular weight excluding hydrogens is 320 g/mol. The van der Waals surface area contributed by atoms with Crippen LogP contribution in [0.25, 0.3) is 0 Å². The zero-order valence-electron chi connectivity index (χ0n) is 12.5. The first kappa shape index (κ1) is 15.5. The average molecular weight is 335 g/mol. The summed E-state index contributed by atoms with van der Waals surface area (Å²) in [5.41, 5.74) is 7.26. The van der Waals surface area contributed by atoms with Crippen molar-refractivity contribution in [1.29, 1.82) is 0 Å². The lowest BCUT2D eigenvalue weighted by atomic mass is 9.98. The molecule has 2 N–H and O–H groups in total. The minimum Gasteiger partial charge on any atom is -0.324 e. The van der Waals surface area contributed by atoms with Gasteiger partial charge in [-0.1, -0.05) is 23.7 Å². The summed E-state index contributed by atoms with van der Waals surface area (Å²) in [6.07, 6.45) is 1.77. The zero-order chi connectivity index (χ0) is 16.7. The number of rotatable bonds is 2. The number of hydrazine groups is 1. The van der Waals surface area contributed by atoms with Crippen molar-refractivity contribution in [2.75, 3.05) is 14.1 Å². The second-order valence-corrected chi connectivity index (χ2v) is 5.87. The van der Waals surface area contributed by atoms with Gasteiger partial charge < -0.3 is 5.43 Å². The van der Waals surface area contributed by atoms with E-state index in [2.05, 4.69) is 10.9 Å². The monoisotopic (exact) mass is 334 g/mol. The maximum atomic E-state index is 12.3. The van der Waals surface area contributed by atoms with Gasteiger partial charge >= 0.3 is 6.03 Å². The molecule has 0 saturated carbocycles. The highest BCUT2D eigenvalue weighted by atomic mass is 35.5. The molecular formula is C15H15ClN4O3. The number of benzene rings is 1. The van der Waals surface area contributed by atoms with Crippen LogP contribution in [0.5, 0.6) is 0 Å². The first-order chi connectivity index (χ1) is 10.9. The molecule has 0 bridgehead atoms. The minimum atomic E-state index is -1.05. The number of nitrogens with one attached hydrogen (secondary N) is 2. The van der Waals surface area contributed by atoms with E-state index in [1.54, 1.807) is 18.2 Å². The number of imide groups is 2. The molecule has 0 spiro atoms. The van der Waals surface area contributed by atoms with Crippen molar-refractivity contribution in [3.63, 3.8) is 0 Å². The smallest absolute Gasteiger partial charge is 0.324 e. The van der Waals surface area contributed by atoms with Crippen LogP contribution >= 0.6 is 11.6 Å². The molecule has 7 nitrogen and oxygen atoms in total. The van der Waals surface area contributed by atoms with E-state index in [0.29, 0.717) is 10.7 Å². The number of amides is 4. The van der Waals surface area contributed by atoms with Crippen molar-refractivity contribution in [2.24, 2.45) is 5.92 Å². The van der Waals surface area contributed by atoms with E-state index in [0.717, 1.165) is 15.4 Å². The Morgan fingerprint density at radius 2 is 1.57 bits per heavy atom. The molecule has 4 amide bonds. The number of barbiturate groups is 1. The lowest BCUT2D eigenvalue weighted by molar-refractivity contribution is -0.145. The fourth-order valence-corrected chi connectivity index (χ4v) is 2.74. The number of carbonyl (C=O) groups excluding carboxylic acids is 3. The summed E-state index contributed by atoms with van der Waals surface area (Å²) in [6, 6.07) is 6.41. The van der Waals surface area contributed by atoms with Crippen molar-refractivity contribution in [2.45, 2.75) is 6.04 Å². The van der Waals surface area contributed by atoms with Crippen LogP contribution in [-0.2, 0) is 9.59 Å². The Morgan fingerprint density at radius 3 is 2.13 bits per heavy atom. The van der Waals surface area contributed by atoms with Gasteiger partial charge in [-0.3, -0.25) is 19.4 Å². The van der Waals surface area contributed by atoms with Crippen LogP contribution in [0.4, 0.5) is 4.79 Å². The predicted octanol–water partition coefficient (Wildman–Crippen LogP) is 1.04. The summed E-state index contributed by atoms with van der Waals surface area (Å²) in [4.78, 5) is 38.3. The molecule has 8 heteroatoms. The summed E-state index contributed by atoms with van der Waals surface area (Å²) in [5, 5.41) is 0.628. The van der Waals surface area contributed by atoms with Crippen LogP contribution in [0, 0.1) is 5.92 Å². The normalized spacial score (nSPS) is 22.5. The van der Waals surface area contributed by atoms with Crippen molar-refractivity contribution in [3.8, 4) is 0 Å². The van der Waals surface area contributed by atoms with E-state index in [9.17, 15) is 14.4 Å². The Kier molecular flexibility index (Phi) is 3.83. The highest BCUT2D eigenvalue weighted by molar-refractivity contribution is 6.30. The number of hydrogen-bond donors (Lipinski definition) is 2. The summed E-state index contributed by atoms with van der Waals surface area (Å²) in [5.74, 6) is -2.14. The van der Waals surface area contributed by atoms with Gasteiger partial charge in [0.1, 0.15) is 0 Å². The summed E-state index contributed by atoms with van der Waals surface area (Å²) in [6.45, 7) is 0. The molecule has 1 fully saturated rings. The summed E-state index contributed by atoms with van der Waals surface area (Å²) >= 11 is 5.87. The first-order valence-corrected chi connectivity index (χ1v) is 7.35. The topological polar surface area (TPSA) is 81.8 Å². The van der Waals surface area contributed by atoms with Gasteiger partial charge in [-0.2, -0.15) is 0 Å². The van der Waals surface area contributed by atoms with E-state index in [-0.39, 0.29) is 6.04 Å². The van der Waals surface area contributed by atoms with E-state index in [1.165, 1.54) is 14.1 Å². The van der Waals surface area contributed by atoms with Crippen molar-refractivity contribution in [1.82, 2.24) is 20.7 Å². The van der Waals surface area contributed by atoms with E-state index >= 15 is 0 Å². The number of carbonyl (C=O) groups is 3. The molecule has 2 aliphatic rings. The van der Waals surface area contributed by atoms with Gasteiger partial charge in [-0.25, -0.2) is 10.2 Å². The Morgan fingerprint density at radius 1 is 1.00 bits per heavy atom. The molecule has 120 valence electrons. The maximum Gasteiger partial charge on any atom is 0.332 e. The van der Waals surface area contributed by atoms with Crippen molar-refractivity contribution in [3.05, 3.63) is 46.6 Å². The van der Waals surface area contributed by atoms with Crippen LogP contribution in [0.2, 0.25) is 5.02 Å². The number of urea groups is 1. The first-order valence-electron chi connectivity index (χ1n) is 6.98. The fraction of sp³-hybridized carbons (Fsp3) is 0.267. The van der Waals surface area contributed by atoms with Gasteiger partial charge in [0.15, 0.2) is 5.92 Å². The van der Waals surface area contributed by atoms with Gasteiger partial charge in [0, 0.05) is 24.8 Å². The Balaban J connectivity index is 1.88. The lowest BCUT2D eigenvalue weighted by Gasteiger charge is -2.33. The molecule has 0 aromatic heterocycles. The summed E-state index contributed by atoms with van der Waals surface area (Å²) < 4.78 is 0. The molecule has 0 aliphatic carbocycles. The minimum absolute atomic E-state index is 0.198. The highest BCUT2D eigenvalue weighted by Crippen LogP contribution is 2.27. The van der Waals surface area contributed by atoms with Crippen LogP contribution in [0.15, 0.2) is 36.0 Å². The van der Waals surface area contributed by atoms with Crippen molar-refractivity contribution >= 4 is 29.4 Å². The molecule has 1 aromatic carbocycles. The van der Waals surface area contributed by atoms with Crippen LogP contribution in [0.1, 0.15) is 11.6 Å². The van der Waals surface area contributed by atoms with Crippen LogP contribution < -0.4 is 10.9 Å². The van der Waals surface area contributed by atoms with Crippen LogP contribution in [0.3, 0.4) is 0 Å². The standard InChI is InChI=1S/C15H15ClN4O3/c1-19-13(21)12(14(22)20(2)15(19)23)11-7-10(17-18-11)8-3-5-9(16)6-4-8/h3-7,10,12,17-18H,1-2H3/t10-/m0/s1. The third-order valence-electron chi connectivity index (χ3n) is 3.99. The molecule has 2 aliphatic heterocycles. The summed E-state index contributed by atoms with van der Waals surface area (Å²) in [7, 11) is 2.72. The van der Waals surface area contributed by atoms with Gasteiger partial charge in [-0.15, -0.1) is 0 Å².